The molecule has 0 aliphatic heterocycles. The minimum Gasteiger partial charge on any atom is -0.496 e. The van der Waals surface area contributed by atoms with E-state index < -0.39 is 21.5 Å². The van der Waals surface area contributed by atoms with Crippen molar-refractivity contribution in [3.8, 4) is 16.9 Å². The number of ether oxygens (including phenoxy) is 1. The van der Waals surface area contributed by atoms with Gasteiger partial charge < -0.3 is 15.0 Å². The third-order valence-electron chi connectivity index (χ3n) is 8.23. The number of halogens is 3. The number of carbonyl (C=O) groups is 1. The van der Waals surface area contributed by atoms with E-state index in [0.29, 0.717) is 11.8 Å². The van der Waals surface area contributed by atoms with E-state index in [1.807, 2.05) is 25.2 Å². The van der Waals surface area contributed by atoms with E-state index in [9.17, 15) is 22.0 Å². The number of sulfone groups is 1. The molecule has 1 heterocycles. The summed E-state index contributed by atoms with van der Waals surface area (Å²) in [6, 6.07) is 14.6. The Balaban J connectivity index is 1.54. The predicted molar refractivity (Wildman–Crippen MR) is 168 cm³/mol. The molecule has 11 heteroatoms. The Kier molecular flexibility index (Phi) is 9.41. The van der Waals surface area contributed by atoms with Crippen LogP contribution in [0.1, 0.15) is 47.8 Å². The van der Waals surface area contributed by atoms with Gasteiger partial charge in [-0.1, -0.05) is 36.7 Å². The van der Waals surface area contributed by atoms with Gasteiger partial charge >= 0.3 is 0 Å². The van der Waals surface area contributed by atoms with E-state index in [2.05, 4.69) is 5.32 Å². The van der Waals surface area contributed by atoms with E-state index in [-0.39, 0.29) is 49.1 Å². The molecule has 0 radical (unpaired) electrons. The Morgan fingerprint density at radius 1 is 1.02 bits per heavy atom. The van der Waals surface area contributed by atoms with Gasteiger partial charge in [0.05, 0.1) is 32.9 Å². The van der Waals surface area contributed by atoms with Crippen LogP contribution in [0.15, 0.2) is 59.5 Å². The molecule has 1 aromatic heterocycles. The minimum absolute atomic E-state index is 0.0142. The maximum absolute atomic E-state index is 14.7. The molecule has 0 saturated heterocycles. The topological polar surface area (TPSA) is 75.7 Å². The summed E-state index contributed by atoms with van der Waals surface area (Å²) in [7, 11) is 0.152. The SMILES string of the molecule is CCS(=O)(=O)c1ccc(-c2ccc(OC)c(CN(C(=O)c3sc4c(F)ccc(F)c4c3Cl)C3CCC(NC)CC3)c2)cc1. The number of fused-ring (bicyclic) bond motifs is 1. The molecule has 1 fully saturated rings. The fourth-order valence-corrected chi connectivity index (χ4v) is 8.08. The molecule has 43 heavy (non-hydrogen) atoms. The third-order valence-corrected chi connectivity index (χ3v) is 11.7. The lowest BCUT2D eigenvalue weighted by Gasteiger charge is -2.37. The van der Waals surface area contributed by atoms with Crippen LogP contribution < -0.4 is 10.1 Å². The van der Waals surface area contributed by atoms with E-state index in [1.165, 1.54) is 0 Å². The Labute approximate surface area is 259 Å². The molecule has 0 unspecified atom stereocenters. The molecule has 1 saturated carbocycles. The van der Waals surface area contributed by atoms with Crippen molar-refractivity contribution < 1.29 is 26.7 Å². The van der Waals surface area contributed by atoms with Crippen molar-refractivity contribution in [2.45, 2.75) is 56.1 Å². The highest BCUT2D eigenvalue weighted by Gasteiger charge is 2.33. The first-order valence-electron chi connectivity index (χ1n) is 14.1. The van der Waals surface area contributed by atoms with Gasteiger partial charge in [-0.3, -0.25) is 4.79 Å². The fraction of sp³-hybridized carbons (Fsp3) is 0.344. The molecule has 3 aromatic carbocycles. The molecule has 1 N–H and O–H groups in total. The zero-order valence-electron chi connectivity index (χ0n) is 24.1. The summed E-state index contributed by atoms with van der Waals surface area (Å²) < 4.78 is 59.6. The highest BCUT2D eigenvalue weighted by molar-refractivity contribution is 7.91. The molecular formula is C32H33ClF2N2O4S2. The summed E-state index contributed by atoms with van der Waals surface area (Å²) in [6.45, 7) is 1.79. The van der Waals surface area contributed by atoms with Crippen LogP contribution in [-0.4, -0.2) is 51.2 Å². The van der Waals surface area contributed by atoms with E-state index >= 15 is 0 Å². The maximum Gasteiger partial charge on any atom is 0.266 e. The van der Waals surface area contributed by atoms with Crippen LogP contribution in [0.25, 0.3) is 21.2 Å². The van der Waals surface area contributed by atoms with Crippen LogP contribution >= 0.6 is 22.9 Å². The number of hydrogen-bond donors (Lipinski definition) is 1. The minimum atomic E-state index is -3.33. The zero-order chi connectivity index (χ0) is 30.9. The van der Waals surface area contributed by atoms with Crippen LogP contribution in [0.2, 0.25) is 5.02 Å². The standard InChI is InChI=1S/C32H33ClF2N2O4S2/c1-4-43(39,40)24-12-5-19(6-13-24)20-7-16-27(41-3)21(17-20)18-37(23-10-8-22(36-2)9-11-23)32(38)31-29(33)28-25(34)14-15-26(35)30(28)42-31/h5-7,12-17,22-23,36H,4,8-11,18H2,1-3H3. The lowest BCUT2D eigenvalue weighted by atomic mass is 9.89. The van der Waals surface area contributed by atoms with Crippen LogP contribution in [-0.2, 0) is 16.4 Å². The second kappa shape index (κ2) is 12.9. The smallest absolute Gasteiger partial charge is 0.266 e. The average molecular weight is 647 g/mol. The number of amides is 1. The molecule has 1 aliphatic rings. The molecule has 1 amide bonds. The Hall–Kier alpha value is -3.05. The van der Waals surface area contributed by atoms with Gasteiger partial charge in [-0.2, -0.15) is 0 Å². The molecule has 6 nitrogen and oxygen atoms in total. The van der Waals surface area contributed by atoms with Crippen LogP contribution in [0.5, 0.6) is 5.75 Å². The van der Waals surface area contributed by atoms with Gasteiger partial charge in [0.1, 0.15) is 22.3 Å². The summed E-state index contributed by atoms with van der Waals surface area (Å²) in [6.07, 6.45) is 3.24. The highest BCUT2D eigenvalue weighted by atomic mass is 35.5. The average Bonchev–Trinajstić information content (AvgIpc) is 3.39. The van der Waals surface area contributed by atoms with E-state index in [1.54, 1.807) is 43.2 Å². The summed E-state index contributed by atoms with van der Waals surface area (Å²) in [5.41, 5.74) is 2.38. The number of methoxy groups -OCH3 is 1. The van der Waals surface area contributed by atoms with Gasteiger partial charge in [0, 0.05) is 24.2 Å². The Morgan fingerprint density at radius 3 is 2.28 bits per heavy atom. The normalized spacial score (nSPS) is 17.3. The van der Waals surface area contributed by atoms with Gasteiger partial charge in [-0.25, -0.2) is 17.2 Å². The van der Waals surface area contributed by atoms with Gasteiger partial charge in [0.25, 0.3) is 5.91 Å². The van der Waals surface area contributed by atoms with Crippen molar-refractivity contribution in [1.82, 2.24) is 10.2 Å². The highest BCUT2D eigenvalue weighted by Crippen LogP contribution is 2.40. The molecule has 0 bridgehead atoms. The number of thiophene rings is 1. The van der Waals surface area contributed by atoms with Gasteiger partial charge in [0.15, 0.2) is 9.84 Å². The van der Waals surface area contributed by atoms with Crippen LogP contribution in [0, 0.1) is 11.6 Å². The van der Waals surface area contributed by atoms with Crippen molar-refractivity contribution in [2.75, 3.05) is 19.9 Å². The van der Waals surface area contributed by atoms with Crippen molar-refractivity contribution in [3.05, 3.63) is 81.7 Å². The number of hydrogen-bond acceptors (Lipinski definition) is 6. The first-order valence-corrected chi connectivity index (χ1v) is 17.0. The monoisotopic (exact) mass is 646 g/mol. The number of nitrogens with one attached hydrogen (secondary N) is 1. The van der Waals surface area contributed by atoms with Crippen LogP contribution in [0.3, 0.4) is 0 Å². The van der Waals surface area contributed by atoms with E-state index in [4.69, 9.17) is 16.3 Å². The quantitative estimate of drug-likeness (QED) is 0.204. The second-order valence-corrected chi connectivity index (χ2v) is 14.3. The lowest BCUT2D eigenvalue weighted by molar-refractivity contribution is 0.0604. The number of rotatable bonds is 9. The van der Waals surface area contributed by atoms with Crippen molar-refractivity contribution in [2.24, 2.45) is 0 Å². The summed E-state index contributed by atoms with van der Waals surface area (Å²) in [5, 5.41) is 3.14. The fourth-order valence-electron chi connectivity index (χ4n) is 5.70. The van der Waals surface area contributed by atoms with Gasteiger partial charge in [0.2, 0.25) is 0 Å². The maximum atomic E-state index is 14.7. The molecule has 228 valence electrons. The largest absolute Gasteiger partial charge is 0.496 e. The summed E-state index contributed by atoms with van der Waals surface area (Å²) in [5.74, 6) is -1.10. The predicted octanol–water partition coefficient (Wildman–Crippen LogP) is 7.48. The Morgan fingerprint density at radius 2 is 1.67 bits per heavy atom. The second-order valence-electron chi connectivity index (χ2n) is 10.7. The van der Waals surface area contributed by atoms with E-state index in [0.717, 1.165) is 65.8 Å². The summed E-state index contributed by atoms with van der Waals surface area (Å²) in [4.78, 5) is 16.3. The molecular weight excluding hydrogens is 614 g/mol. The molecule has 4 aromatic rings. The summed E-state index contributed by atoms with van der Waals surface area (Å²) >= 11 is 7.42. The third kappa shape index (κ3) is 6.29. The number of carbonyl (C=O) groups excluding carboxylic acids is 1. The first-order chi connectivity index (χ1) is 20.6. The van der Waals surface area contributed by atoms with Crippen molar-refractivity contribution in [3.63, 3.8) is 0 Å². The molecule has 1 aliphatic carbocycles. The number of nitrogens with zero attached hydrogens (tertiary/aromatic N) is 1. The lowest BCUT2D eigenvalue weighted by Crippen LogP contribution is -2.44. The molecule has 5 rings (SSSR count). The zero-order valence-corrected chi connectivity index (χ0v) is 26.5. The number of benzene rings is 3. The first kappa shape index (κ1) is 31.4. The van der Waals surface area contributed by atoms with Crippen molar-refractivity contribution in [1.29, 1.82) is 0 Å². The molecule has 0 spiro atoms. The van der Waals surface area contributed by atoms with Gasteiger partial charge in [-0.15, -0.1) is 11.3 Å². The van der Waals surface area contributed by atoms with Crippen LogP contribution in [0.4, 0.5) is 8.78 Å². The van der Waals surface area contributed by atoms with Gasteiger partial charge in [-0.05, 0) is 80.3 Å². The Bertz CT molecular complexity index is 1750. The molecule has 0 atom stereocenters. The van der Waals surface area contributed by atoms with Crippen molar-refractivity contribution >= 4 is 48.8 Å².